The Kier molecular flexibility index (Phi) is 5.39. The molecule has 0 radical (unpaired) electrons. The van der Waals surface area contributed by atoms with E-state index in [4.69, 9.17) is 0 Å². The van der Waals surface area contributed by atoms with E-state index in [1.165, 1.54) is 16.7 Å². The van der Waals surface area contributed by atoms with Crippen LogP contribution in [0.1, 0.15) is 32.8 Å². The van der Waals surface area contributed by atoms with E-state index in [1.54, 1.807) is 30.5 Å². The highest BCUT2D eigenvalue weighted by atomic mass is 16.4. The van der Waals surface area contributed by atoms with Gasteiger partial charge in [0.1, 0.15) is 12.6 Å². The first kappa shape index (κ1) is 17.7. The third-order valence-corrected chi connectivity index (χ3v) is 3.86. The minimum absolute atomic E-state index is 0.194. The lowest BCUT2D eigenvalue weighted by atomic mass is 9.98. The number of rotatable bonds is 5. The Hall–Kier alpha value is -2.63. The average molecular weight is 330 g/mol. The normalized spacial score (nSPS) is 17.9. The summed E-state index contributed by atoms with van der Waals surface area (Å²) >= 11 is 0. The van der Waals surface area contributed by atoms with Crippen molar-refractivity contribution in [1.29, 1.82) is 0 Å². The summed E-state index contributed by atoms with van der Waals surface area (Å²) in [5.74, 6) is -1.50. The number of hydrogen-bond acceptors (Lipinski definition) is 3. The molecule has 0 aromatic heterocycles. The van der Waals surface area contributed by atoms with Crippen LogP contribution in [0.3, 0.4) is 0 Å². The van der Waals surface area contributed by atoms with Crippen molar-refractivity contribution in [3.05, 3.63) is 42.1 Å². The van der Waals surface area contributed by atoms with Crippen molar-refractivity contribution in [1.82, 2.24) is 9.80 Å². The molecule has 24 heavy (non-hydrogen) atoms. The molecule has 2 rings (SSSR count). The molecule has 0 saturated carbocycles. The standard InChI is InChI=1S/C18H22N2O4/c1-12(2)9-15-18(24)20(11-17(22)23)16(10-19(15)13(3)21)14-7-5-4-6-8-14/h4-8,10,12,15H,9,11H2,1-3H3,(H,22,23). The topological polar surface area (TPSA) is 77.9 Å². The van der Waals surface area contributed by atoms with Gasteiger partial charge in [-0.2, -0.15) is 0 Å². The van der Waals surface area contributed by atoms with Crippen molar-refractivity contribution < 1.29 is 19.5 Å². The van der Waals surface area contributed by atoms with E-state index in [2.05, 4.69) is 0 Å². The van der Waals surface area contributed by atoms with Gasteiger partial charge in [-0.25, -0.2) is 0 Å². The van der Waals surface area contributed by atoms with E-state index in [9.17, 15) is 19.5 Å². The molecule has 0 aliphatic carbocycles. The molecule has 2 amide bonds. The second-order valence-electron chi connectivity index (χ2n) is 6.27. The number of nitrogens with zero attached hydrogens (tertiary/aromatic N) is 2. The molecule has 0 bridgehead atoms. The van der Waals surface area contributed by atoms with Crippen LogP contribution in [0.4, 0.5) is 0 Å². The molecule has 0 saturated heterocycles. The Balaban J connectivity index is 2.53. The summed E-state index contributed by atoms with van der Waals surface area (Å²) in [7, 11) is 0. The molecule has 1 aromatic rings. The lowest BCUT2D eigenvalue weighted by molar-refractivity contribution is -0.147. The molecule has 1 heterocycles. The van der Waals surface area contributed by atoms with Crippen molar-refractivity contribution in [3.63, 3.8) is 0 Å². The number of hydrogen-bond donors (Lipinski definition) is 1. The first-order valence-electron chi connectivity index (χ1n) is 7.90. The molecule has 1 aliphatic rings. The van der Waals surface area contributed by atoms with Gasteiger partial charge in [0.25, 0.3) is 5.91 Å². The zero-order valence-corrected chi connectivity index (χ0v) is 14.1. The summed E-state index contributed by atoms with van der Waals surface area (Å²) in [6.45, 7) is 4.90. The zero-order valence-electron chi connectivity index (χ0n) is 14.1. The summed E-state index contributed by atoms with van der Waals surface area (Å²) < 4.78 is 0. The predicted octanol–water partition coefficient (Wildman–Crippen LogP) is 2.17. The van der Waals surface area contributed by atoms with Crippen molar-refractivity contribution in [2.75, 3.05) is 6.54 Å². The largest absolute Gasteiger partial charge is 0.480 e. The summed E-state index contributed by atoms with van der Waals surface area (Å²) in [4.78, 5) is 38.9. The minimum atomic E-state index is -1.09. The van der Waals surface area contributed by atoms with E-state index in [-0.39, 0.29) is 17.7 Å². The Morgan fingerprint density at radius 1 is 1.21 bits per heavy atom. The van der Waals surface area contributed by atoms with Crippen molar-refractivity contribution in [2.24, 2.45) is 5.92 Å². The highest BCUT2D eigenvalue weighted by Gasteiger charge is 2.38. The fourth-order valence-corrected chi connectivity index (χ4v) is 2.82. The third kappa shape index (κ3) is 3.82. The van der Waals surface area contributed by atoms with Gasteiger partial charge in [-0.05, 0) is 17.9 Å². The Bertz CT molecular complexity index is 667. The van der Waals surface area contributed by atoms with Crippen LogP contribution < -0.4 is 0 Å². The van der Waals surface area contributed by atoms with Crippen LogP contribution >= 0.6 is 0 Å². The van der Waals surface area contributed by atoms with Crippen molar-refractivity contribution in [3.8, 4) is 0 Å². The van der Waals surface area contributed by atoms with E-state index >= 15 is 0 Å². The van der Waals surface area contributed by atoms with Gasteiger partial charge in [0.05, 0.1) is 5.70 Å². The Morgan fingerprint density at radius 3 is 2.33 bits per heavy atom. The molecule has 1 aliphatic heterocycles. The molecule has 1 unspecified atom stereocenters. The number of carboxylic acid groups (broad SMARTS) is 1. The molecular formula is C18H22N2O4. The van der Waals surface area contributed by atoms with Crippen LogP contribution in [0, 0.1) is 5.92 Å². The fourth-order valence-electron chi connectivity index (χ4n) is 2.82. The molecule has 128 valence electrons. The van der Waals surface area contributed by atoms with Crippen molar-refractivity contribution >= 4 is 23.5 Å². The number of carbonyl (C=O) groups is 3. The smallest absolute Gasteiger partial charge is 0.323 e. The number of benzene rings is 1. The van der Waals surface area contributed by atoms with Gasteiger partial charge < -0.3 is 10.0 Å². The molecule has 0 fully saturated rings. The van der Waals surface area contributed by atoms with Gasteiger partial charge in [-0.1, -0.05) is 44.2 Å². The minimum Gasteiger partial charge on any atom is -0.480 e. The lowest BCUT2D eigenvalue weighted by Gasteiger charge is -2.39. The maximum absolute atomic E-state index is 12.9. The van der Waals surface area contributed by atoms with E-state index in [0.29, 0.717) is 17.7 Å². The summed E-state index contributed by atoms with van der Waals surface area (Å²) in [5, 5.41) is 9.19. The first-order valence-corrected chi connectivity index (χ1v) is 7.90. The monoisotopic (exact) mass is 330 g/mol. The van der Waals surface area contributed by atoms with Gasteiger partial charge in [0.2, 0.25) is 5.91 Å². The first-order chi connectivity index (χ1) is 11.3. The van der Waals surface area contributed by atoms with Gasteiger partial charge >= 0.3 is 5.97 Å². The van der Waals surface area contributed by atoms with Crippen LogP contribution in [0.2, 0.25) is 0 Å². The number of amides is 2. The molecule has 0 spiro atoms. The van der Waals surface area contributed by atoms with Crippen LogP contribution in [0.5, 0.6) is 0 Å². The quantitative estimate of drug-likeness (QED) is 0.897. The average Bonchev–Trinajstić information content (AvgIpc) is 2.51. The maximum atomic E-state index is 12.9. The molecule has 1 N–H and O–H groups in total. The number of carboxylic acids is 1. The van der Waals surface area contributed by atoms with Gasteiger partial charge in [0.15, 0.2) is 0 Å². The molecular weight excluding hydrogens is 308 g/mol. The fraction of sp³-hybridized carbons (Fsp3) is 0.389. The molecule has 1 aromatic carbocycles. The molecule has 1 atom stereocenters. The Morgan fingerprint density at radius 2 is 1.83 bits per heavy atom. The van der Waals surface area contributed by atoms with E-state index in [0.717, 1.165) is 0 Å². The molecule has 6 nitrogen and oxygen atoms in total. The van der Waals surface area contributed by atoms with Crippen LogP contribution in [-0.2, 0) is 14.4 Å². The second kappa shape index (κ2) is 7.29. The summed E-state index contributed by atoms with van der Waals surface area (Å²) in [6, 6.07) is 8.34. The van der Waals surface area contributed by atoms with E-state index < -0.39 is 18.6 Å². The summed E-state index contributed by atoms with van der Waals surface area (Å²) in [6.07, 6.45) is 2.07. The van der Waals surface area contributed by atoms with Crippen molar-refractivity contribution in [2.45, 2.75) is 33.2 Å². The SMILES string of the molecule is CC(=O)N1C=C(c2ccccc2)N(CC(=O)O)C(=O)C1CC(C)C. The lowest BCUT2D eigenvalue weighted by Crippen LogP contribution is -2.53. The van der Waals surface area contributed by atoms with Gasteiger partial charge in [0, 0.05) is 13.1 Å². The maximum Gasteiger partial charge on any atom is 0.323 e. The van der Waals surface area contributed by atoms with E-state index in [1.807, 2.05) is 19.9 Å². The molecule has 6 heteroatoms. The van der Waals surface area contributed by atoms with Crippen LogP contribution in [0.15, 0.2) is 36.5 Å². The van der Waals surface area contributed by atoms with Gasteiger partial charge in [-0.15, -0.1) is 0 Å². The highest BCUT2D eigenvalue weighted by molar-refractivity contribution is 5.98. The zero-order chi connectivity index (χ0) is 17.9. The summed E-state index contributed by atoms with van der Waals surface area (Å²) in [5.41, 5.74) is 1.12. The number of carbonyl (C=O) groups excluding carboxylic acids is 2. The number of aliphatic carboxylic acids is 1. The van der Waals surface area contributed by atoms with Crippen LogP contribution in [0.25, 0.3) is 5.70 Å². The second-order valence-corrected chi connectivity index (χ2v) is 6.27. The van der Waals surface area contributed by atoms with Crippen LogP contribution in [-0.4, -0.2) is 45.3 Å². The van der Waals surface area contributed by atoms with Gasteiger partial charge in [-0.3, -0.25) is 19.3 Å². The highest BCUT2D eigenvalue weighted by Crippen LogP contribution is 2.29. The Labute approximate surface area is 141 Å². The third-order valence-electron chi connectivity index (χ3n) is 3.86. The predicted molar refractivity (Wildman–Crippen MR) is 89.5 cm³/mol.